The molecular formula is C20H31ClN2O. The maximum Gasteiger partial charge on any atom is 0.223 e. The molecule has 0 bridgehead atoms. The van der Waals surface area contributed by atoms with Gasteiger partial charge in [0.05, 0.1) is 0 Å². The molecule has 1 aliphatic carbocycles. The third kappa shape index (κ3) is 3.94. The normalized spacial score (nSPS) is 20.4. The Hall–Kier alpha value is -1.06. The minimum atomic E-state index is 0. The molecule has 0 radical (unpaired) electrons. The maximum atomic E-state index is 12.8. The van der Waals surface area contributed by atoms with Gasteiger partial charge in [-0.2, -0.15) is 0 Å². The summed E-state index contributed by atoms with van der Waals surface area (Å²) in [6, 6.07) is 10.6. The minimum absolute atomic E-state index is 0. The van der Waals surface area contributed by atoms with Gasteiger partial charge in [-0.1, -0.05) is 44.2 Å². The first-order chi connectivity index (χ1) is 11.0. The van der Waals surface area contributed by atoms with Crippen LogP contribution in [0.1, 0.15) is 51.5 Å². The molecule has 1 heterocycles. The standard InChI is InChI=1S/C20H30N2O.ClH/c1-19(2,15-21)16-8-12-22(13-9-16)18(23)14-20(10-11-20)17-6-4-3-5-7-17;/h3-7,16H,8-15,21H2,1-2H3;1H. The Morgan fingerprint density at radius 1 is 1.21 bits per heavy atom. The lowest BCUT2D eigenvalue weighted by molar-refractivity contribution is -0.133. The smallest absolute Gasteiger partial charge is 0.223 e. The van der Waals surface area contributed by atoms with E-state index in [0.29, 0.717) is 18.2 Å². The third-order valence-corrected chi connectivity index (χ3v) is 6.21. The van der Waals surface area contributed by atoms with Gasteiger partial charge in [0, 0.05) is 24.9 Å². The highest BCUT2D eigenvalue weighted by Crippen LogP contribution is 2.51. The van der Waals surface area contributed by atoms with Gasteiger partial charge in [-0.25, -0.2) is 0 Å². The first kappa shape index (κ1) is 19.3. The molecule has 0 unspecified atom stereocenters. The van der Waals surface area contributed by atoms with Crippen LogP contribution in [-0.2, 0) is 10.2 Å². The van der Waals surface area contributed by atoms with Crippen LogP contribution in [0.3, 0.4) is 0 Å². The topological polar surface area (TPSA) is 46.3 Å². The molecule has 2 N–H and O–H groups in total. The number of nitrogens with two attached hydrogens (primary N) is 1. The summed E-state index contributed by atoms with van der Waals surface area (Å²) in [5.41, 5.74) is 7.57. The van der Waals surface area contributed by atoms with E-state index in [2.05, 4.69) is 43.0 Å². The van der Waals surface area contributed by atoms with Gasteiger partial charge in [0.25, 0.3) is 0 Å². The number of likely N-dealkylation sites (tertiary alicyclic amines) is 1. The molecule has 2 aliphatic rings. The molecule has 1 aromatic rings. The van der Waals surface area contributed by atoms with E-state index in [1.54, 1.807) is 0 Å². The van der Waals surface area contributed by atoms with Gasteiger partial charge in [0.2, 0.25) is 5.91 Å². The SMILES string of the molecule is CC(C)(CN)C1CCN(C(=O)CC2(c3ccccc3)CC2)CC1.Cl. The van der Waals surface area contributed by atoms with E-state index in [1.165, 1.54) is 5.56 Å². The molecule has 0 spiro atoms. The number of rotatable bonds is 5. The summed E-state index contributed by atoms with van der Waals surface area (Å²) in [5.74, 6) is 0.982. The lowest BCUT2D eigenvalue weighted by Gasteiger charge is -2.40. The number of benzene rings is 1. The molecule has 1 aliphatic heterocycles. The number of piperidine rings is 1. The van der Waals surface area contributed by atoms with E-state index < -0.39 is 0 Å². The Morgan fingerprint density at radius 3 is 2.29 bits per heavy atom. The van der Waals surface area contributed by atoms with Gasteiger partial charge in [0.1, 0.15) is 0 Å². The van der Waals surface area contributed by atoms with E-state index in [4.69, 9.17) is 5.73 Å². The van der Waals surface area contributed by atoms with Gasteiger partial charge >= 0.3 is 0 Å². The van der Waals surface area contributed by atoms with Crippen molar-refractivity contribution in [3.8, 4) is 0 Å². The van der Waals surface area contributed by atoms with Crippen LogP contribution in [0.4, 0.5) is 0 Å². The molecule has 1 aromatic carbocycles. The summed E-state index contributed by atoms with van der Waals surface area (Å²) in [7, 11) is 0. The van der Waals surface area contributed by atoms with Crippen LogP contribution in [0.5, 0.6) is 0 Å². The Kier molecular flexibility index (Phi) is 5.98. The van der Waals surface area contributed by atoms with E-state index in [1.807, 2.05) is 6.07 Å². The van der Waals surface area contributed by atoms with E-state index in [9.17, 15) is 4.79 Å². The van der Waals surface area contributed by atoms with Crippen molar-refractivity contribution in [2.75, 3.05) is 19.6 Å². The molecule has 24 heavy (non-hydrogen) atoms. The first-order valence-corrected chi connectivity index (χ1v) is 9.00. The van der Waals surface area contributed by atoms with Gasteiger partial charge in [-0.3, -0.25) is 4.79 Å². The third-order valence-electron chi connectivity index (χ3n) is 6.21. The second-order valence-corrected chi connectivity index (χ2v) is 8.17. The first-order valence-electron chi connectivity index (χ1n) is 9.00. The molecule has 1 saturated heterocycles. The maximum absolute atomic E-state index is 12.8. The second kappa shape index (κ2) is 7.45. The summed E-state index contributed by atoms with van der Waals surface area (Å²) in [6.07, 6.45) is 5.17. The fourth-order valence-electron chi connectivity index (χ4n) is 3.99. The highest BCUT2D eigenvalue weighted by molar-refractivity contribution is 5.85. The Bertz CT molecular complexity index is 546. The van der Waals surface area contributed by atoms with Crippen LogP contribution >= 0.6 is 12.4 Å². The monoisotopic (exact) mass is 350 g/mol. The van der Waals surface area contributed by atoms with Crippen molar-refractivity contribution in [3.05, 3.63) is 35.9 Å². The molecule has 1 amide bonds. The molecule has 1 saturated carbocycles. The van der Waals surface area contributed by atoms with E-state index >= 15 is 0 Å². The summed E-state index contributed by atoms with van der Waals surface area (Å²) in [4.78, 5) is 14.8. The molecular weight excluding hydrogens is 320 g/mol. The highest BCUT2D eigenvalue weighted by Gasteiger charge is 2.46. The van der Waals surface area contributed by atoms with Gasteiger partial charge in [0.15, 0.2) is 0 Å². The van der Waals surface area contributed by atoms with E-state index in [-0.39, 0.29) is 23.2 Å². The summed E-state index contributed by atoms with van der Waals surface area (Å²) >= 11 is 0. The lowest BCUT2D eigenvalue weighted by Crippen LogP contribution is -2.44. The Morgan fingerprint density at radius 2 is 1.79 bits per heavy atom. The quantitative estimate of drug-likeness (QED) is 0.878. The molecule has 3 nitrogen and oxygen atoms in total. The number of nitrogens with zero attached hydrogens (tertiary/aromatic N) is 1. The fraction of sp³-hybridized carbons (Fsp3) is 0.650. The second-order valence-electron chi connectivity index (χ2n) is 8.17. The van der Waals surface area contributed by atoms with Crippen LogP contribution in [0.15, 0.2) is 30.3 Å². The fourth-order valence-corrected chi connectivity index (χ4v) is 3.99. The number of carbonyl (C=O) groups excluding carboxylic acids is 1. The van der Waals surface area contributed by atoms with Crippen LogP contribution in [0.2, 0.25) is 0 Å². The van der Waals surface area contributed by atoms with Crippen LogP contribution < -0.4 is 5.73 Å². The van der Waals surface area contributed by atoms with Gasteiger partial charge in [-0.05, 0) is 49.1 Å². The summed E-state index contributed by atoms with van der Waals surface area (Å²) in [6.45, 7) is 7.03. The number of amides is 1. The molecule has 2 fully saturated rings. The summed E-state index contributed by atoms with van der Waals surface area (Å²) < 4.78 is 0. The minimum Gasteiger partial charge on any atom is -0.343 e. The molecule has 134 valence electrons. The molecule has 0 atom stereocenters. The zero-order valence-corrected chi connectivity index (χ0v) is 15.8. The number of halogens is 1. The zero-order valence-electron chi connectivity index (χ0n) is 15.0. The van der Waals surface area contributed by atoms with Crippen molar-refractivity contribution >= 4 is 18.3 Å². The molecule has 0 aromatic heterocycles. The van der Waals surface area contributed by atoms with Crippen LogP contribution in [0, 0.1) is 11.3 Å². The highest BCUT2D eigenvalue weighted by atomic mass is 35.5. The van der Waals surface area contributed by atoms with Gasteiger partial charge < -0.3 is 10.6 Å². The largest absolute Gasteiger partial charge is 0.343 e. The van der Waals surface area contributed by atoms with Crippen molar-refractivity contribution < 1.29 is 4.79 Å². The van der Waals surface area contributed by atoms with Crippen LogP contribution in [0.25, 0.3) is 0 Å². The summed E-state index contributed by atoms with van der Waals surface area (Å²) in [5, 5.41) is 0. The van der Waals surface area contributed by atoms with Crippen molar-refractivity contribution in [3.63, 3.8) is 0 Å². The number of carbonyl (C=O) groups is 1. The predicted molar refractivity (Wildman–Crippen MR) is 101 cm³/mol. The van der Waals surface area contributed by atoms with Crippen molar-refractivity contribution in [2.24, 2.45) is 17.1 Å². The zero-order chi connectivity index (χ0) is 16.5. The molecule has 4 heteroatoms. The average molecular weight is 351 g/mol. The number of hydrogen-bond acceptors (Lipinski definition) is 2. The molecule has 3 rings (SSSR count). The van der Waals surface area contributed by atoms with Crippen molar-refractivity contribution in [2.45, 2.75) is 51.4 Å². The lowest BCUT2D eigenvalue weighted by atomic mass is 9.73. The Labute approximate surface area is 152 Å². The van der Waals surface area contributed by atoms with Crippen molar-refractivity contribution in [1.82, 2.24) is 4.90 Å². The number of hydrogen-bond donors (Lipinski definition) is 1. The van der Waals surface area contributed by atoms with E-state index in [0.717, 1.165) is 45.3 Å². The predicted octanol–water partition coefficient (Wildman–Crippen LogP) is 3.75. The van der Waals surface area contributed by atoms with Crippen molar-refractivity contribution in [1.29, 1.82) is 0 Å². The van der Waals surface area contributed by atoms with Crippen LogP contribution in [-0.4, -0.2) is 30.4 Å². The van der Waals surface area contributed by atoms with Gasteiger partial charge in [-0.15, -0.1) is 12.4 Å². The Balaban J connectivity index is 0.00000208. The average Bonchev–Trinajstić information content (AvgIpc) is 3.36.